The second kappa shape index (κ2) is 13.0. The van der Waals surface area contributed by atoms with Gasteiger partial charge in [-0.25, -0.2) is 0 Å². The minimum atomic E-state index is -2.12. The van der Waals surface area contributed by atoms with E-state index in [1.165, 1.54) is 59.1 Å². The third-order valence-corrected chi connectivity index (χ3v) is 18.5. The van der Waals surface area contributed by atoms with Gasteiger partial charge in [0, 0.05) is 0 Å². The standard InChI is InChI=1S/C40H42Si.2ClH.Zr/c1-7-11-33-25-31-13-9-15-35(29-21-17-27(3)18-22-29)37(31)39(33)41(5,6)40-34(12-8-2)26-32-14-10-16-36(38(32)40)30-23-19-28(4)20-24-30;;;/h9-10,13-26H,7-8,11-12H2,1-6H3;2*1H;/q;;;+2/p-2. The number of aryl methyl sites for hydroxylation is 2. The number of benzene rings is 4. The van der Waals surface area contributed by atoms with Gasteiger partial charge in [0.05, 0.1) is 0 Å². The zero-order valence-corrected chi connectivity index (χ0v) is 31.8. The van der Waals surface area contributed by atoms with Gasteiger partial charge < -0.3 is 24.8 Å². The fourth-order valence-corrected chi connectivity index (χ4v) is 18.5. The molecule has 0 saturated heterocycles. The van der Waals surface area contributed by atoms with Crippen molar-refractivity contribution in [2.75, 3.05) is 0 Å². The Kier molecular flexibility index (Phi) is 9.90. The maximum atomic E-state index is 2.72. The van der Waals surface area contributed by atoms with Gasteiger partial charge in [0.25, 0.3) is 0 Å². The van der Waals surface area contributed by atoms with E-state index in [0.29, 0.717) is 7.25 Å². The molecule has 1 heterocycles. The molecule has 0 fully saturated rings. The van der Waals surface area contributed by atoms with Crippen molar-refractivity contribution in [1.82, 2.24) is 0 Å². The summed E-state index contributed by atoms with van der Waals surface area (Å²) in [5.74, 6) is 0. The number of allylic oxidation sites excluding steroid dienone is 2. The van der Waals surface area contributed by atoms with Crippen LogP contribution in [0.2, 0.25) is 13.1 Å². The molecule has 0 nitrogen and oxygen atoms in total. The fourth-order valence-electron chi connectivity index (χ4n) is 8.29. The number of rotatable bonds is 6. The quantitative estimate of drug-likeness (QED) is 0.234. The summed E-state index contributed by atoms with van der Waals surface area (Å²) in [6.45, 7) is 14.6. The van der Waals surface area contributed by atoms with E-state index in [2.05, 4.69) is 126 Å². The SMILES string of the molecule is CCCC1=C2c3c(-c4ccc(C)cc4)cccc3[CH]1[Zr+2][CH]1C(CCC)=C(c3c(-c4ccc(C)cc4)cccc31)[Si]2(C)C.[Cl-].[Cl-]. The van der Waals surface area contributed by atoms with Crippen LogP contribution in [0.1, 0.15) is 80.2 Å². The molecule has 0 saturated carbocycles. The van der Waals surface area contributed by atoms with Gasteiger partial charge in [-0.1, -0.05) is 0 Å². The molecule has 0 aromatic heterocycles. The van der Waals surface area contributed by atoms with Gasteiger partial charge in [0.2, 0.25) is 0 Å². The van der Waals surface area contributed by atoms with Gasteiger partial charge in [-0.3, -0.25) is 0 Å². The van der Waals surface area contributed by atoms with Crippen LogP contribution in [-0.4, -0.2) is 8.07 Å². The Morgan fingerprint density at radius 1 is 0.568 bits per heavy atom. The zero-order valence-electron chi connectivity index (χ0n) is 26.8. The molecular formula is C40H42Cl2SiZr. The molecule has 7 rings (SSSR count). The van der Waals surface area contributed by atoms with Gasteiger partial charge in [0.1, 0.15) is 0 Å². The number of halogens is 2. The first-order valence-corrected chi connectivity index (χ1v) is 21.8. The molecule has 0 N–H and O–H groups in total. The van der Waals surface area contributed by atoms with Crippen molar-refractivity contribution in [2.45, 2.75) is 73.7 Å². The smallest absolute Gasteiger partial charge is 1.00 e. The molecule has 0 spiro atoms. The second-order valence-electron chi connectivity index (χ2n) is 13.2. The zero-order chi connectivity index (χ0) is 29.2. The summed E-state index contributed by atoms with van der Waals surface area (Å²) in [6, 6.07) is 33.3. The Morgan fingerprint density at radius 2 is 0.955 bits per heavy atom. The average Bonchev–Trinajstić information content (AvgIpc) is 3.49. The molecule has 2 aliphatic carbocycles. The first-order valence-electron chi connectivity index (χ1n) is 16.0. The predicted molar refractivity (Wildman–Crippen MR) is 180 cm³/mol. The summed E-state index contributed by atoms with van der Waals surface area (Å²) in [5.41, 5.74) is 18.7. The van der Waals surface area contributed by atoms with E-state index < -0.39 is 31.3 Å². The average molecular weight is 713 g/mol. The van der Waals surface area contributed by atoms with Crippen molar-refractivity contribution >= 4 is 18.5 Å². The third kappa shape index (κ3) is 5.23. The molecule has 0 radical (unpaired) electrons. The minimum Gasteiger partial charge on any atom is -1.00 e. The van der Waals surface area contributed by atoms with E-state index in [1.54, 1.807) is 32.6 Å². The van der Waals surface area contributed by atoms with E-state index in [4.69, 9.17) is 0 Å². The van der Waals surface area contributed by atoms with Crippen molar-refractivity contribution < 1.29 is 48.0 Å². The number of hydrogen-bond acceptors (Lipinski definition) is 0. The first-order chi connectivity index (χ1) is 20.3. The molecule has 1 aliphatic heterocycles. The fraction of sp³-hybridized carbons (Fsp3) is 0.300. The molecule has 4 heteroatoms. The summed E-state index contributed by atoms with van der Waals surface area (Å²) >= 11 is -0.927. The summed E-state index contributed by atoms with van der Waals surface area (Å²) in [7, 11) is -2.12. The van der Waals surface area contributed by atoms with Gasteiger partial charge in [0.15, 0.2) is 0 Å². The molecule has 4 aromatic carbocycles. The summed E-state index contributed by atoms with van der Waals surface area (Å²) in [5, 5.41) is 3.60. The van der Waals surface area contributed by atoms with Crippen LogP contribution in [0, 0.1) is 13.8 Å². The van der Waals surface area contributed by atoms with Gasteiger partial charge in [-0.05, 0) is 0 Å². The van der Waals surface area contributed by atoms with Gasteiger partial charge in [-0.2, -0.15) is 0 Å². The summed E-state index contributed by atoms with van der Waals surface area (Å²) in [4.78, 5) is 0. The maximum Gasteiger partial charge on any atom is -1.00 e. The first kappa shape index (κ1) is 33.4. The molecule has 44 heavy (non-hydrogen) atoms. The Morgan fingerprint density at radius 3 is 1.32 bits per heavy atom. The molecule has 4 bridgehead atoms. The van der Waals surface area contributed by atoms with Crippen LogP contribution < -0.4 is 24.8 Å². The van der Waals surface area contributed by atoms with Gasteiger partial charge in [-0.15, -0.1) is 0 Å². The van der Waals surface area contributed by atoms with Crippen molar-refractivity contribution in [3.05, 3.63) is 129 Å². The second-order valence-corrected chi connectivity index (χ2v) is 21.1. The van der Waals surface area contributed by atoms with E-state index >= 15 is 0 Å². The van der Waals surface area contributed by atoms with Crippen LogP contribution >= 0.6 is 0 Å². The largest absolute Gasteiger partial charge is 1.00 e. The molecule has 2 atom stereocenters. The summed E-state index contributed by atoms with van der Waals surface area (Å²) < 4.78 is 1.37. The van der Waals surface area contributed by atoms with Crippen molar-refractivity contribution in [2.24, 2.45) is 0 Å². The molecular weight excluding hydrogens is 671 g/mol. The molecule has 0 amide bonds. The summed E-state index contributed by atoms with van der Waals surface area (Å²) in [6.07, 6.45) is 4.98. The van der Waals surface area contributed by atoms with E-state index in [1.807, 2.05) is 11.1 Å². The minimum absolute atomic E-state index is 0. The normalized spacial score (nSPS) is 18.7. The van der Waals surface area contributed by atoms with E-state index in [-0.39, 0.29) is 24.8 Å². The Hall–Kier alpha value is -1.96. The Balaban J connectivity index is 0.00000192. The third-order valence-electron chi connectivity index (χ3n) is 10.0. The molecule has 3 aliphatic rings. The Bertz CT molecular complexity index is 1630. The Labute approximate surface area is 289 Å². The van der Waals surface area contributed by atoms with Crippen LogP contribution in [0.15, 0.2) is 96.1 Å². The van der Waals surface area contributed by atoms with Gasteiger partial charge >= 0.3 is 267 Å². The topological polar surface area (TPSA) is 0 Å². The van der Waals surface area contributed by atoms with Crippen molar-refractivity contribution in [3.63, 3.8) is 0 Å². The van der Waals surface area contributed by atoms with Crippen LogP contribution in [0.4, 0.5) is 0 Å². The maximum absolute atomic E-state index is 2.72. The van der Waals surface area contributed by atoms with Crippen LogP contribution in [0.25, 0.3) is 32.6 Å². The molecule has 2 unspecified atom stereocenters. The van der Waals surface area contributed by atoms with E-state index in [0.717, 1.165) is 0 Å². The van der Waals surface area contributed by atoms with Crippen molar-refractivity contribution in [1.29, 1.82) is 0 Å². The van der Waals surface area contributed by atoms with Crippen molar-refractivity contribution in [3.8, 4) is 22.3 Å². The molecule has 4 aromatic rings. The van der Waals surface area contributed by atoms with Crippen LogP contribution in [0.3, 0.4) is 0 Å². The van der Waals surface area contributed by atoms with E-state index in [9.17, 15) is 0 Å². The monoisotopic (exact) mass is 710 g/mol. The molecule has 224 valence electrons. The van der Waals surface area contributed by atoms with Crippen LogP contribution in [-0.2, 0) is 23.2 Å². The predicted octanol–water partition coefficient (Wildman–Crippen LogP) is 5.45. The number of hydrogen-bond donors (Lipinski definition) is 0. The van der Waals surface area contributed by atoms with Crippen LogP contribution in [0.5, 0.6) is 0 Å². The number of fused-ring (bicyclic) bond motifs is 8.